The minimum atomic E-state index is -0.00556. The molecule has 19 heavy (non-hydrogen) atoms. The molecule has 0 radical (unpaired) electrons. The van der Waals surface area contributed by atoms with Gasteiger partial charge in [-0.2, -0.15) is 0 Å². The molecule has 3 nitrogen and oxygen atoms in total. The van der Waals surface area contributed by atoms with Crippen molar-refractivity contribution in [2.45, 2.75) is 26.3 Å². The number of hydrogen-bond donors (Lipinski definition) is 2. The van der Waals surface area contributed by atoms with Gasteiger partial charge in [0.05, 0.1) is 6.04 Å². The third-order valence-corrected chi connectivity index (χ3v) is 3.45. The summed E-state index contributed by atoms with van der Waals surface area (Å²) in [7, 11) is 0. The standard InChI is InChI=1S/C15H19BrN2O/c1-3-13-4-5-15(19-13)14(9-17)18-12-7-10(2)6-11(16)8-12/h4-8,14,18H,3,9,17H2,1-2H3. The summed E-state index contributed by atoms with van der Waals surface area (Å²) < 4.78 is 6.82. The number of aryl methyl sites for hydroxylation is 2. The molecule has 4 heteroatoms. The first-order valence-corrected chi connectivity index (χ1v) is 7.24. The van der Waals surface area contributed by atoms with Crippen molar-refractivity contribution >= 4 is 21.6 Å². The van der Waals surface area contributed by atoms with Gasteiger partial charge in [-0.3, -0.25) is 0 Å². The Labute approximate surface area is 122 Å². The molecule has 0 saturated carbocycles. The van der Waals surface area contributed by atoms with Crippen molar-refractivity contribution in [3.63, 3.8) is 0 Å². The molecule has 3 N–H and O–H groups in total. The van der Waals surface area contributed by atoms with Crippen LogP contribution in [0.5, 0.6) is 0 Å². The quantitative estimate of drug-likeness (QED) is 0.873. The third kappa shape index (κ3) is 3.61. The SMILES string of the molecule is CCc1ccc(C(CN)Nc2cc(C)cc(Br)c2)o1. The van der Waals surface area contributed by atoms with Crippen LogP contribution in [0.3, 0.4) is 0 Å². The van der Waals surface area contributed by atoms with Crippen LogP contribution in [0.2, 0.25) is 0 Å². The van der Waals surface area contributed by atoms with Gasteiger partial charge in [0.2, 0.25) is 0 Å². The van der Waals surface area contributed by atoms with E-state index in [2.05, 4.69) is 47.2 Å². The van der Waals surface area contributed by atoms with Gasteiger partial charge in [0.1, 0.15) is 11.5 Å². The molecule has 1 aromatic carbocycles. The van der Waals surface area contributed by atoms with Crippen LogP contribution in [0, 0.1) is 6.92 Å². The summed E-state index contributed by atoms with van der Waals surface area (Å²) in [5, 5.41) is 3.42. The van der Waals surface area contributed by atoms with Crippen LogP contribution < -0.4 is 11.1 Å². The normalized spacial score (nSPS) is 12.4. The average Bonchev–Trinajstić information content (AvgIpc) is 2.83. The lowest BCUT2D eigenvalue weighted by Crippen LogP contribution is -2.20. The Hall–Kier alpha value is -1.26. The van der Waals surface area contributed by atoms with Gasteiger partial charge in [-0.1, -0.05) is 22.9 Å². The van der Waals surface area contributed by atoms with Crippen molar-refractivity contribution in [1.29, 1.82) is 0 Å². The topological polar surface area (TPSA) is 51.2 Å². The van der Waals surface area contributed by atoms with Gasteiger partial charge in [-0.05, 0) is 42.8 Å². The fraction of sp³-hybridized carbons (Fsp3) is 0.333. The van der Waals surface area contributed by atoms with E-state index in [-0.39, 0.29) is 6.04 Å². The van der Waals surface area contributed by atoms with E-state index in [9.17, 15) is 0 Å². The largest absolute Gasteiger partial charge is 0.464 e. The van der Waals surface area contributed by atoms with Crippen molar-refractivity contribution in [2.75, 3.05) is 11.9 Å². The number of nitrogens with one attached hydrogen (secondary N) is 1. The van der Waals surface area contributed by atoms with Crippen molar-refractivity contribution in [2.24, 2.45) is 5.73 Å². The predicted octanol–water partition coefficient (Wildman–Crippen LogP) is 4.02. The summed E-state index contributed by atoms with van der Waals surface area (Å²) in [4.78, 5) is 0. The molecular formula is C15H19BrN2O. The first-order chi connectivity index (χ1) is 9.12. The Bertz CT molecular complexity index is 531. The molecule has 0 fully saturated rings. The second kappa shape index (κ2) is 6.26. The van der Waals surface area contributed by atoms with E-state index in [1.807, 2.05) is 18.2 Å². The highest BCUT2D eigenvalue weighted by Gasteiger charge is 2.14. The van der Waals surface area contributed by atoms with Gasteiger partial charge < -0.3 is 15.5 Å². The van der Waals surface area contributed by atoms with Gasteiger partial charge in [-0.15, -0.1) is 0 Å². The molecule has 1 unspecified atom stereocenters. The van der Waals surface area contributed by atoms with E-state index in [0.29, 0.717) is 6.54 Å². The van der Waals surface area contributed by atoms with Gasteiger partial charge in [-0.25, -0.2) is 0 Å². The Kier molecular flexibility index (Phi) is 4.66. The lowest BCUT2D eigenvalue weighted by Gasteiger charge is -2.16. The molecule has 0 aliphatic heterocycles. The molecule has 0 amide bonds. The lowest BCUT2D eigenvalue weighted by molar-refractivity contribution is 0.448. The van der Waals surface area contributed by atoms with Crippen molar-refractivity contribution in [3.05, 3.63) is 51.9 Å². The van der Waals surface area contributed by atoms with Gasteiger partial charge in [0, 0.05) is 23.1 Å². The number of anilines is 1. The molecule has 0 saturated heterocycles. The summed E-state index contributed by atoms with van der Waals surface area (Å²) in [5.74, 6) is 1.87. The number of nitrogens with two attached hydrogens (primary N) is 1. The lowest BCUT2D eigenvalue weighted by atomic mass is 10.2. The summed E-state index contributed by atoms with van der Waals surface area (Å²) in [5.41, 5.74) is 8.08. The molecule has 2 rings (SSSR count). The van der Waals surface area contributed by atoms with E-state index in [4.69, 9.17) is 10.2 Å². The van der Waals surface area contributed by atoms with E-state index in [0.717, 1.165) is 28.1 Å². The highest BCUT2D eigenvalue weighted by Crippen LogP contribution is 2.24. The molecule has 0 bridgehead atoms. The van der Waals surface area contributed by atoms with Gasteiger partial charge in [0.15, 0.2) is 0 Å². The zero-order chi connectivity index (χ0) is 13.8. The number of benzene rings is 1. The average molecular weight is 323 g/mol. The highest BCUT2D eigenvalue weighted by molar-refractivity contribution is 9.10. The van der Waals surface area contributed by atoms with Crippen molar-refractivity contribution < 1.29 is 4.42 Å². The van der Waals surface area contributed by atoms with E-state index < -0.39 is 0 Å². The maximum atomic E-state index is 5.85. The number of halogens is 1. The van der Waals surface area contributed by atoms with E-state index in [1.54, 1.807) is 0 Å². The van der Waals surface area contributed by atoms with E-state index >= 15 is 0 Å². The van der Waals surface area contributed by atoms with Crippen LogP contribution in [-0.2, 0) is 6.42 Å². The Balaban J connectivity index is 2.18. The zero-order valence-electron chi connectivity index (χ0n) is 11.2. The monoisotopic (exact) mass is 322 g/mol. The van der Waals surface area contributed by atoms with Crippen LogP contribution >= 0.6 is 15.9 Å². The molecule has 0 aliphatic rings. The molecule has 1 aromatic heterocycles. The first-order valence-electron chi connectivity index (χ1n) is 6.44. The zero-order valence-corrected chi connectivity index (χ0v) is 12.8. The van der Waals surface area contributed by atoms with Crippen LogP contribution in [0.1, 0.15) is 30.0 Å². The Morgan fingerprint density at radius 2 is 2.11 bits per heavy atom. The second-order valence-corrected chi connectivity index (χ2v) is 5.52. The molecule has 0 spiro atoms. The van der Waals surface area contributed by atoms with Crippen molar-refractivity contribution in [1.82, 2.24) is 0 Å². The molecule has 1 heterocycles. The minimum Gasteiger partial charge on any atom is -0.464 e. The van der Waals surface area contributed by atoms with Crippen LogP contribution in [0.4, 0.5) is 5.69 Å². The highest BCUT2D eigenvalue weighted by atomic mass is 79.9. The maximum absolute atomic E-state index is 5.85. The smallest absolute Gasteiger partial charge is 0.127 e. The number of hydrogen-bond acceptors (Lipinski definition) is 3. The number of furan rings is 1. The fourth-order valence-electron chi connectivity index (χ4n) is 2.04. The molecule has 1 atom stereocenters. The van der Waals surface area contributed by atoms with Crippen LogP contribution in [0.15, 0.2) is 39.2 Å². The van der Waals surface area contributed by atoms with Crippen LogP contribution in [-0.4, -0.2) is 6.54 Å². The number of rotatable bonds is 5. The molecule has 2 aromatic rings. The molecular weight excluding hydrogens is 304 g/mol. The summed E-state index contributed by atoms with van der Waals surface area (Å²) >= 11 is 3.50. The molecule has 102 valence electrons. The minimum absolute atomic E-state index is 0.00556. The summed E-state index contributed by atoms with van der Waals surface area (Å²) in [6.07, 6.45) is 0.896. The van der Waals surface area contributed by atoms with Gasteiger partial charge >= 0.3 is 0 Å². The first kappa shape index (κ1) is 14.2. The third-order valence-electron chi connectivity index (χ3n) is 2.99. The van der Waals surface area contributed by atoms with Gasteiger partial charge in [0.25, 0.3) is 0 Å². The van der Waals surface area contributed by atoms with E-state index in [1.165, 1.54) is 5.56 Å². The maximum Gasteiger partial charge on any atom is 0.127 e. The Morgan fingerprint density at radius 1 is 1.32 bits per heavy atom. The Morgan fingerprint density at radius 3 is 2.68 bits per heavy atom. The fourth-order valence-corrected chi connectivity index (χ4v) is 2.65. The molecule has 0 aliphatic carbocycles. The summed E-state index contributed by atoms with van der Waals surface area (Å²) in [6.45, 7) is 4.63. The predicted molar refractivity (Wildman–Crippen MR) is 82.4 cm³/mol. The van der Waals surface area contributed by atoms with Crippen molar-refractivity contribution in [3.8, 4) is 0 Å². The summed E-state index contributed by atoms with van der Waals surface area (Å²) in [6, 6.07) is 10.2. The second-order valence-electron chi connectivity index (χ2n) is 4.61. The van der Waals surface area contributed by atoms with Crippen LogP contribution in [0.25, 0.3) is 0 Å².